The SMILES string of the molecule is CC(C)(C)[C@@H](N)C(=O)NCCCN1CCCC1. The van der Waals surface area contributed by atoms with Gasteiger partial charge in [0.05, 0.1) is 6.04 Å². The van der Waals surface area contributed by atoms with Crippen molar-refractivity contribution in [1.29, 1.82) is 0 Å². The molecule has 1 heterocycles. The Morgan fingerprint density at radius 1 is 1.35 bits per heavy atom. The predicted octanol–water partition coefficient (Wildman–Crippen LogP) is 0.962. The minimum Gasteiger partial charge on any atom is -0.355 e. The Kier molecular flexibility index (Phi) is 5.40. The van der Waals surface area contributed by atoms with E-state index in [1.165, 1.54) is 25.9 Å². The lowest BCUT2D eigenvalue weighted by Crippen LogP contribution is -2.49. The third kappa shape index (κ3) is 5.04. The zero-order chi connectivity index (χ0) is 12.9. The van der Waals surface area contributed by atoms with Crippen LogP contribution in [0, 0.1) is 5.41 Å². The molecule has 0 aromatic carbocycles. The number of nitrogens with one attached hydrogen (secondary N) is 1. The highest BCUT2D eigenvalue weighted by Crippen LogP contribution is 2.17. The van der Waals surface area contributed by atoms with E-state index in [1.54, 1.807) is 0 Å². The average Bonchev–Trinajstić information content (AvgIpc) is 2.74. The Labute approximate surface area is 105 Å². The summed E-state index contributed by atoms with van der Waals surface area (Å²) >= 11 is 0. The molecule has 1 aliphatic rings. The van der Waals surface area contributed by atoms with E-state index in [0.29, 0.717) is 0 Å². The molecule has 1 fully saturated rings. The van der Waals surface area contributed by atoms with Gasteiger partial charge >= 0.3 is 0 Å². The molecule has 0 bridgehead atoms. The van der Waals surface area contributed by atoms with Gasteiger partial charge in [0.1, 0.15) is 0 Å². The minimum absolute atomic E-state index is 0.0288. The number of nitrogens with two attached hydrogens (primary N) is 1. The van der Waals surface area contributed by atoms with Gasteiger partial charge in [-0.3, -0.25) is 4.79 Å². The number of rotatable bonds is 5. The summed E-state index contributed by atoms with van der Waals surface area (Å²) in [5.41, 5.74) is 5.71. The van der Waals surface area contributed by atoms with Gasteiger partial charge in [-0.1, -0.05) is 20.8 Å². The van der Waals surface area contributed by atoms with Crippen LogP contribution < -0.4 is 11.1 Å². The molecule has 0 unspecified atom stereocenters. The normalized spacial score (nSPS) is 19.3. The lowest BCUT2D eigenvalue weighted by molar-refractivity contribution is -0.124. The summed E-state index contributed by atoms with van der Waals surface area (Å²) in [4.78, 5) is 14.2. The first kappa shape index (κ1) is 14.5. The number of nitrogens with zero attached hydrogens (tertiary/aromatic N) is 1. The lowest BCUT2D eigenvalue weighted by Gasteiger charge is -2.26. The fraction of sp³-hybridized carbons (Fsp3) is 0.923. The van der Waals surface area contributed by atoms with E-state index >= 15 is 0 Å². The van der Waals surface area contributed by atoms with Crippen LogP contribution in [0.1, 0.15) is 40.0 Å². The highest BCUT2D eigenvalue weighted by atomic mass is 16.2. The molecule has 1 saturated heterocycles. The van der Waals surface area contributed by atoms with Crippen LogP contribution >= 0.6 is 0 Å². The van der Waals surface area contributed by atoms with Gasteiger partial charge in [0.2, 0.25) is 5.91 Å². The molecular formula is C13H27N3O. The summed E-state index contributed by atoms with van der Waals surface area (Å²) in [6.45, 7) is 10.2. The molecule has 0 aromatic heterocycles. The molecule has 4 heteroatoms. The van der Waals surface area contributed by atoms with E-state index in [4.69, 9.17) is 5.73 Å². The first-order valence-electron chi connectivity index (χ1n) is 6.67. The van der Waals surface area contributed by atoms with Crippen molar-refractivity contribution in [3.63, 3.8) is 0 Å². The molecule has 17 heavy (non-hydrogen) atoms. The highest BCUT2D eigenvalue weighted by Gasteiger charge is 2.26. The highest BCUT2D eigenvalue weighted by molar-refractivity contribution is 5.82. The fourth-order valence-corrected chi connectivity index (χ4v) is 2.02. The second kappa shape index (κ2) is 6.36. The lowest BCUT2D eigenvalue weighted by atomic mass is 9.87. The van der Waals surface area contributed by atoms with E-state index in [0.717, 1.165) is 19.5 Å². The van der Waals surface area contributed by atoms with Crippen LogP contribution in [0.15, 0.2) is 0 Å². The maximum Gasteiger partial charge on any atom is 0.237 e. The summed E-state index contributed by atoms with van der Waals surface area (Å²) in [5, 5.41) is 2.92. The summed E-state index contributed by atoms with van der Waals surface area (Å²) in [5.74, 6) is -0.0288. The van der Waals surface area contributed by atoms with E-state index in [1.807, 2.05) is 20.8 Å². The Bertz CT molecular complexity index is 242. The van der Waals surface area contributed by atoms with Crippen molar-refractivity contribution in [1.82, 2.24) is 10.2 Å². The molecule has 1 amide bonds. The summed E-state index contributed by atoms with van der Waals surface area (Å²) in [6, 6.07) is -0.422. The smallest absolute Gasteiger partial charge is 0.237 e. The monoisotopic (exact) mass is 241 g/mol. The third-order valence-electron chi connectivity index (χ3n) is 3.36. The third-order valence-corrected chi connectivity index (χ3v) is 3.36. The van der Waals surface area contributed by atoms with Gasteiger partial charge in [-0.05, 0) is 44.3 Å². The summed E-state index contributed by atoms with van der Waals surface area (Å²) < 4.78 is 0. The summed E-state index contributed by atoms with van der Waals surface area (Å²) in [7, 11) is 0. The van der Waals surface area contributed by atoms with Gasteiger partial charge in [0.15, 0.2) is 0 Å². The average molecular weight is 241 g/mol. The van der Waals surface area contributed by atoms with Crippen molar-refractivity contribution < 1.29 is 4.79 Å². The Hall–Kier alpha value is -0.610. The molecule has 1 rings (SSSR count). The first-order valence-corrected chi connectivity index (χ1v) is 6.67. The van der Waals surface area contributed by atoms with Crippen LogP contribution in [0.2, 0.25) is 0 Å². The van der Waals surface area contributed by atoms with Crippen LogP contribution in [-0.4, -0.2) is 43.0 Å². The first-order chi connectivity index (χ1) is 7.91. The number of carbonyl (C=O) groups is 1. The number of carbonyl (C=O) groups excluding carboxylic acids is 1. The Morgan fingerprint density at radius 3 is 2.47 bits per heavy atom. The van der Waals surface area contributed by atoms with E-state index in [-0.39, 0.29) is 11.3 Å². The van der Waals surface area contributed by atoms with Gasteiger partial charge in [-0.25, -0.2) is 0 Å². The molecule has 0 saturated carbocycles. The number of hydrogen-bond acceptors (Lipinski definition) is 3. The molecule has 3 N–H and O–H groups in total. The van der Waals surface area contributed by atoms with Crippen molar-refractivity contribution in [2.45, 2.75) is 46.1 Å². The molecular weight excluding hydrogens is 214 g/mol. The van der Waals surface area contributed by atoms with Crippen molar-refractivity contribution in [3.8, 4) is 0 Å². The van der Waals surface area contributed by atoms with Crippen LogP contribution in [0.5, 0.6) is 0 Å². The maximum atomic E-state index is 11.7. The topological polar surface area (TPSA) is 58.4 Å². The predicted molar refractivity (Wildman–Crippen MR) is 70.7 cm³/mol. The van der Waals surface area contributed by atoms with Gasteiger partial charge in [-0.2, -0.15) is 0 Å². The molecule has 0 spiro atoms. The molecule has 1 aliphatic heterocycles. The van der Waals surface area contributed by atoms with Gasteiger partial charge in [0.25, 0.3) is 0 Å². The quantitative estimate of drug-likeness (QED) is 0.705. The van der Waals surface area contributed by atoms with Crippen LogP contribution in [0.3, 0.4) is 0 Å². The van der Waals surface area contributed by atoms with Crippen LogP contribution in [-0.2, 0) is 4.79 Å². The van der Waals surface area contributed by atoms with Crippen molar-refractivity contribution in [2.24, 2.45) is 11.1 Å². The van der Waals surface area contributed by atoms with Crippen molar-refractivity contribution in [2.75, 3.05) is 26.2 Å². The van der Waals surface area contributed by atoms with Gasteiger partial charge < -0.3 is 16.0 Å². The second-order valence-electron chi connectivity index (χ2n) is 6.04. The standard InChI is InChI=1S/C13H27N3O/c1-13(2,3)11(14)12(17)15-7-6-10-16-8-4-5-9-16/h11H,4-10,14H2,1-3H3,(H,15,17)/t11-/m0/s1. The van der Waals surface area contributed by atoms with Gasteiger partial charge in [-0.15, -0.1) is 0 Å². The number of hydrogen-bond donors (Lipinski definition) is 2. The molecule has 0 radical (unpaired) electrons. The zero-order valence-electron chi connectivity index (χ0n) is 11.5. The fourth-order valence-electron chi connectivity index (χ4n) is 2.02. The maximum absolute atomic E-state index is 11.7. The molecule has 0 aliphatic carbocycles. The largest absolute Gasteiger partial charge is 0.355 e. The number of likely N-dealkylation sites (tertiary alicyclic amines) is 1. The van der Waals surface area contributed by atoms with Crippen LogP contribution in [0.25, 0.3) is 0 Å². The van der Waals surface area contributed by atoms with E-state index < -0.39 is 6.04 Å². The number of amides is 1. The molecule has 100 valence electrons. The van der Waals surface area contributed by atoms with E-state index in [9.17, 15) is 4.79 Å². The van der Waals surface area contributed by atoms with Crippen molar-refractivity contribution in [3.05, 3.63) is 0 Å². The second-order valence-corrected chi connectivity index (χ2v) is 6.04. The molecule has 0 aromatic rings. The van der Waals surface area contributed by atoms with E-state index in [2.05, 4.69) is 10.2 Å². The molecule has 1 atom stereocenters. The molecule has 4 nitrogen and oxygen atoms in total. The Morgan fingerprint density at radius 2 is 1.94 bits per heavy atom. The summed E-state index contributed by atoms with van der Waals surface area (Å²) in [6.07, 6.45) is 3.66. The van der Waals surface area contributed by atoms with Crippen LogP contribution in [0.4, 0.5) is 0 Å². The zero-order valence-corrected chi connectivity index (χ0v) is 11.5. The van der Waals surface area contributed by atoms with Crippen molar-refractivity contribution >= 4 is 5.91 Å². The van der Waals surface area contributed by atoms with Gasteiger partial charge in [0, 0.05) is 6.54 Å². The Balaban J connectivity index is 2.11. The minimum atomic E-state index is -0.422.